The maximum Gasteiger partial charge on any atom is 0.0893 e. The van der Waals surface area contributed by atoms with Crippen molar-refractivity contribution in [3.05, 3.63) is 12.4 Å². The van der Waals surface area contributed by atoms with Crippen molar-refractivity contribution >= 4 is 0 Å². The highest BCUT2D eigenvalue weighted by atomic mass is 15.3. The van der Waals surface area contributed by atoms with Gasteiger partial charge < -0.3 is 9.80 Å². The largest absolute Gasteiger partial charge is 0.358 e. The minimum atomic E-state index is 0.966. The van der Waals surface area contributed by atoms with E-state index in [2.05, 4.69) is 22.2 Å². The molecular weight excluding hydrogens is 232 g/mol. The Labute approximate surface area is 118 Å². The van der Waals surface area contributed by atoms with E-state index in [9.17, 15) is 0 Å². The molecule has 108 valence electrons. The van der Waals surface area contributed by atoms with E-state index in [1.165, 1.54) is 77.3 Å². The van der Waals surface area contributed by atoms with Crippen molar-refractivity contribution in [2.24, 2.45) is 11.8 Å². The van der Waals surface area contributed by atoms with Crippen LogP contribution in [0.3, 0.4) is 0 Å². The molecular formula is C17H30N2. The lowest BCUT2D eigenvalue weighted by Gasteiger charge is -2.30. The van der Waals surface area contributed by atoms with Gasteiger partial charge in [-0.25, -0.2) is 0 Å². The Balaban J connectivity index is 1.38. The Morgan fingerprint density at radius 3 is 1.47 bits per heavy atom. The van der Waals surface area contributed by atoms with Gasteiger partial charge in [-0.1, -0.05) is 38.5 Å². The molecule has 1 aliphatic heterocycles. The second-order valence-corrected chi connectivity index (χ2v) is 6.99. The van der Waals surface area contributed by atoms with E-state index in [-0.39, 0.29) is 0 Å². The van der Waals surface area contributed by atoms with E-state index < -0.39 is 0 Å². The SMILES string of the molecule is C1=CN(CC2CCCCC2)CN1CC1CCCCC1. The third-order valence-electron chi connectivity index (χ3n) is 5.29. The summed E-state index contributed by atoms with van der Waals surface area (Å²) in [5.41, 5.74) is 0. The summed E-state index contributed by atoms with van der Waals surface area (Å²) in [6, 6.07) is 0. The van der Waals surface area contributed by atoms with Crippen LogP contribution in [0.4, 0.5) is 0 Å². The van der Waals surface area contributed by atoms with Gasteiger partial charge in [-0.05, 0) is 37.5 Å². The van der Waals surface area contributed by atoms with Crippen molar-refractivity contribution in [2.45, 2.75) is 64.2 Å². The van der Waals surface area contributed by atoms with Gasteiger partial charge in [0.2, 0.25) is 0 Å². The molecule has 0 aromatic carbocycles. The summed E-state index contributed by atoms with van der Waals surface area (Å²) in [7, 11) is 0. The van der Waals surface area contributed by atoms with Gasteiger partial charge in [-0.2, -0.15) is 0 Å². The Morgan fingerprint density at radius 1 is 0.632 bits per heavy atom. The van der Waals surface area contributed by atoms with Gasteiger partial charge in [0.15, 0.2) is 0 Å². The number of rotatable bonds is 4. The fourth-order valence-corrected chi connectivity index (χ4v) is 4.16. The zero-order valence-electron chi connectivity index (χ0n) is 12.4. The van der Waals surface area contributed by atoms with Crippen molar-refractivity contribution in [3.8, 4) is 0 Å². The Morgan fingerprint density at radius 2 is 1.05 bits per heavy atom. The quantitative estimate of drug-likeness (QED) is 0.749. The standard InChI is InChI=1S/C17H30N2/c1-3-7-16(8-4-1)13-18-11-12-19(15-18)14-17-9-5-2-6-10-17/h11-12,16-17H,1-10,13-15H2. The maximum atomic E-state index is 2.55. The zero-order valence-corrected chi connectivity index (χ0v) is 12.4. The van der Waals surface area contributed by atoms with Gasteiger partial charge >= 0.3 is 0 Å². The van der Waals surface area contributed by atoms with E-state index in [4.69, 9.17) is 0 Å². The van der Waals surface area contributed by atoms with Gasteiger partial charge in [-0.15, -0.1) is 0 Å². The Bertz CT molecular complexity index is 260. The van der Waals surface area contributed by atoms with Crippen LogP contribution in [0.2, 0.25) is 0 Å². The molecule has 0 N–H and O–H groups in total. The van der Waals surface area contributed by atoms with Crippen LogP contribution in [0.1, 0.15) is 64.2 Å². The molecule has 0 saturated heterocycles. The van der Waals surface area contributed by atoms with Crippen LogP contribution in [0.5, 0.6) is 0 Å². The van der Waals surface area contributed by atoms with E-state index in [0.717, 1.165) is 18.5 Å². The lowest BCUT2D eigenvalue weighted by molar-refractivity contribution is 0.185. The van der Waals surface area contributed by atoms with E-state index in [1.807, 2.05) is 0 Å². The highest BCUT2D eigenvalue weighted by Gasteiger charge is 2.21. The van der Waals surface area contributed by atoms with Crippen molar-refractivity contribution in [1.29, 1.82) is 0 Å². The fraction of sp³-hybridized carbons (Fsp3) is 0.882. The molecule has 0 aromatic rings. The molecule has 0 unspecified atom stereocenters. The van der Waals surface area contributed by atoms with Crippen LogP contribution in [0, 0.1) is 11.8 Å². The smallest absolute Gasteiger partial charge is 0.0893 e. The third-order valence-corrected chi connectivity index (χ3v) is 5.29. The molecule has 3 rings (SSSR count). The minimum Gasteiger partial charge on any atom is -0.358 e. The van der Waals surface area contributed by atoms with Crippen molar-refractivity contribution in [2.75, 3.05) is 19.8 Å². The lowest BCUT2D eigenvalue weighted by atomic mass is 9.89. The average Bonchev–Trinajstić information content (AvgIpc) is 2.88. The van der Waals surface area contributed by atoms with Crippen LogP contribution in [-0.2, 0) is 0 Å². The van der Waals surface area contributed by atoms with Crippen molar-refractivity contribution < 1.29 is 0 Å². The second kappa shape index (κ2) is 6.67. The highest BCUT2D eigenvalue weighted by molar-refractivity contribution is 4.92. The summed E-state index contributed by atoms with van der Waals surface area (Å²) in [6.45, 7) is 3.77. The first-order valence-electron chi connectivity index (χ1n) is 8.56. The average molecular weight is 262 g/mol. The predicted molar refractivity (Wildman–Crippen MR) is 80.6 cm³/mol. The van der Waals surface area contributed by atoms with E-state index in [0.29, 0.717) is 0 Å². The normalized spacial score (nSPS) is 26.3. The summed E-state index contributed by atoms with van der Waals surface area (Å²) in [5, 5.41) is 0. The minimum absolute atomic E-state index is 0.966. The summed E-state index contributed by atoms with van der Waals surface area (Å²) < 4.78 is 0. The van der Waals surface area contributed by atoms with E-state index in [1.54, 1.807) is 0 Å². The summed E-state index contributed by atoms with van der Waals surface area (Å²) in [4.78, 5) is 5.11. The third kappa shape index (κ3) is 3.90. The first-order valence-corrected chi connectivity index (χ1v) is 8.56. The summed E-state index contributed by atoms with van der Waals surface area (Å²) in [5.74, 6) is 1.93. The lowest BCUT2D eigenvalue weighted by Crippen LogP contribution is -2.33. The van der Waals surface area contributed by atoms with Crippen molar-refractivity contribution in [1.82, 2.24) is 9.80 Å². The van der Waals surface area contributed by atoms with Crippen LogP contribution in [0.15, 0.2) is 12.4 Å². The zero-order chi connectivity index (χ0) is 12.9. The Kier molecular flexibility index (Phi) is 4.68. The Hall–Kier alpha value is -0.660. The molecule has 0 bridgehead atoms. The highest BCUT2D eigenvalue weighted by Crippen LogP contribution is 2.27. The molecule has 2 aliphatic carbocycles. The van der Waals surface area contributed by atoms with E-state index >= 15 is 0 Å². The molecule has 0 aromatic heterocycles. The molecule has 2 fully saturated rings. The predicted octanol–water partition coefficient (Wildman–Crippen LogP) is 4.19. The van der Waals surface area contributed by atoms with Crippen molar-refractivity contribution in [3.63, 3.8) is 0 Å². The molecule has 0 spiro atoms. The van der Waals surface area contributed by atoms with Gasteiger partial charge in [0.1, 0.15) is 0 Å². The number of hydrogen-bond acceptors (Lipinski definition) is 2. The topological polar surface area (TPSA) is 6.48 Å². The van der Waals surface area contributed by atoms with Crippen LogP contribution in [-0.4, -0.2) is 29.6 Å². The molecule has 19 heavy (non-hydrogen) atoms. The first kappa shape index (κ1) is 13.3. The fourth-order valence-electron chi connectivity index (χ4n) is 4.16. The number of hydrogen-bond donors (Lipinski definition) is 0. The molecule has 0 amide bonds. The van der Waals surface area contributed by atoms with Crippen LogP contribution >= 0.6 is 0 Å². The molecule has 2 nitrogen and oxygen atoms in total. The molecule has 3 aliphatic rings. The molecule has 0 atom stereocenters. The monoisotopic (exact) mass is 262 g/mol. The van der Waals surface area contributed by atoms with Crippen LogP contribution < -0.4 is 0 Å². The molecule has 0 radical (unpaired) electrons. The summed E-state index contributed by atoms with van der Waals surface area (Å²) >= 11 is 0. The van der Waals surface area contributed by atoms with Gasteiger partial charge in [0, 0.05) is 25.5 Å². The van der Waals surface area contributed by atoms with Gasteiger partial charge in [0.25, 0.3) is 0 Å². The molecule has 2 heteroatoms. The summed E-state index contributed by atoms with van der Waals surface area (Å²) in [6.07, 6.45) is 19.4. The molecule has 2 saturated carbocycles. The van der Waals surface area contributed by atoms with Crippen LogP contribution in [0.25, 0.3) is 0 Å². The number of nitrogens with zero attached hydrogens (tertiary/aromatic N) is 2. The van der Waals surface area contributed by atoms with Gasteiger partial charge in [0.05, 0.1) is 6.67 Å². The first-order chi connectivity index (χ1) is 9.40. The maximum absolute atomic E-state index is 2.55. The van der Waals surface area contributed by atoms with Gasteiger partial charge in [-0.3, -0.25) is 0 Å². The molecule has 1 heterocycles. The second-order valence-electron chi connectivity index (χ2n) is 6.99.